The molecule has 0 aliphatic heterocycles. The fourth-order valence-corrected chi connectivity index (χ4v) is 2.09. The van der Waals surface area contributed by atoms with Gasteiger partial charge in [-0.05, 0) is 38.3 Å². The first-order chi connectivity index (χ1) is 8.85. The minimum Gasteiger partial charge on any atom is -0.466 e. The third-order valence-electron chi connectivity index (χ3n) is 3.47. The summed E-state index contributed by atoms with van der Waals surface area (Å²) < 4.78 is 5.74. The Labute approximate surface area is 114 Å². The fraction of sp³-hybridized carbons (Fsp3) is 0.667. The van der Waals surface area contributed by atoms with Gasteiger partial charge in [-0.15, -0.1) is 0 Å². The summed E-state index contributed by atoms with van der Waals surface area (Å²) in [5.74, 6) is 3.18. The van der Waals surface area contributed by atoms with E-state index in [4.69, 9.17) is 4.42 Å². The highest BCUT2D eigenvalue weighted by Gasteiger charge is 2.36. The molecular formula is C15H23NO3. The molecule has 2 rings (SSSR count). The molecule has 0 saturated heterocycles. The Morgan fingerprint density at radius 3 is 2.79 bits per heavy atom. The molecule has 2 atom stereocenters. The topological polar surface area (TPSA) is 62.5 Å². The Hall–Kier alpha value is -1.29. The number of nitrogens with one attached hydrogen (secondary N) is 1. The minimum absolute atomic E-state index is 0.0557. The Balaban J connectivity index is 1.73. The second kappa shape index (κ2) is 5.37. The highest BCUT2D eigenvalue weighted by atomic mass is 16.3. The molecule has 2 N–H and O–H groups in total. The van der Waals surface area contributed by atoms with Crippen LogP contribution in [0.25, 0.3) is 0 Å². The van der Waals surface area contributed by atoms with E-state index in [1.165, 1.54) is 6.42 Å². The lowest BCUT2D eigenvalue weighted by Gasteiger charge is -2.17. The number of hydrogen-bond donors (Lipinski definition) is 2. The van der Waals surface area contributed by atoms with Crippen LogP contribution in [0.2, 0.25) is 0 Å². The van der Waals surface area contributed by atoms with Crippen molar-refractivity contribution in [2.24, 2.45) is 5.92 Å². The Kier molecular flexibility index (Phi) is 3.99. The Morgan fingerprint density at radius 1 is 1.53 bits per heavy atom. The zero-order valence-electron chi connectivity index (χ0n) is 11.9. The van der Waals surface area contributed by atoms with Gasteiger partial charge in [0.15, 0.2) is 0 Å². The van der Waals surface area contributed by atoms with Gasteiger partial charge < -0.3 is 14.8 Å². The molecule has 1 heterocycles. The van der Waals surface area contributed by atoms with E-state index in [-0.39, 0.29) is 12.5 Å². The summed E-state index contributed by atoms with van der Waals surface area (Å²) in [6.45, 7) is 5.83. The maximum atomic E-state index is 11.6. The molecule has 4 nitrogen and oxygen atoms in total. The molecule has 0 spiro atoms. The van der Waals surface area contributed by atoms with Crippen LogP contribution in [0.5, 0.6) is 0 Å². The SMILES string of the molecule is CC1CC1c1ccc(CCC(=O)NCC(C)(C)O)o1. The number of hydrogen-bond acceptors (Lipinski definition) is 3. The van der Waals surface area contributed by atoms with Crippen LogP contribution in [0, 0.1) is 5.92 Å². The normalized spacial score (nSPS) is 22.3. The van der Waals surface area contributed by atoms with Gasteiger partial charge in [0, 0.05) is 25.3 Å². The van der Waals surface area contributed by atoms with Crippen molar-refractivity contribution in [3.8, 4) is 0 Å². The van der Waals surface area contributed by atoms with Gasteiger partial charge in [-0.25, -0.2) is 0 Å². The van der Waals surface area contributed by atoms with Crippen molar-refractivity contribution in [2.75, 3.05) is 6.54 Å². The molecular weight excluding hydrogens is 242 g/mol. The summed E-state index contributed by atoms with van der Waals surface area (Å²) in [4.78, 5) is 11.6. The van der Waals surface area contributed by atoms with E-state index in [9.17, 15) is 9.90 Å². The summed E-state index contributed by atoms with van der Waals surface area (Å²) in [5, 5.41) is 12.2. The molecule has 0 radical (unpaired) electrons. The second-order valence-electron chi connectivity index (χ2n) is 6.21. The number of aliphatic hydroxyl groups is 1. The van der Waals surface area contributed by atoms with E-state index in [1.807, 2.05) is 12.1 Å². The number of furan rings is 1. The molecule has 1 saturated carbocycles. The average molecular weight is 265 g/mol. The van der Waals surface area contributed by atoms with Crippen LogP contribution in [-0.2, 0) is 11.2 Å². The van der Waals surface area contributed by atoms with Gasteiger partial charge in [0.1, 0.15) is 11.5 Å². The maximum absolute atomic E-state index is 11.6. The quantitative estimate of drug-likeness (QED) is 0.829. The lowest BCUT2D eigenvalue weighted by molar-refractivity contribution is -0.122. The molecule has 0 aromatic carbocycles. The maximum Gasteiger partial charge on any atom is 0.220 e. The molecule has 2 unspecified atom stereocenters. The van der Waals surface area contributed by atoms with Gasteiger partial charge >= 0.3 is 0 Å². The molecule has 4 heteroatoms. The number of rotatable bonds is 6. The van der Waals surface area contributed by atoms with Crippen LogP contribution in [0.15, 0.2) is 16.5 Å². The van der Waals surface area contributed by atoms with Crippen molar-refractivity contribution in [1.82, 2.24) is 5.32 Å². The van der Waals surface area contributed by atoms with E-state index < -0.39 is 5.60 Å². The van der Waals surface area contributed by atoms with Gasteiger partial charge in [-0.3, -0.25) is 4.79 Å². The smallest absolute Gasteiger partial charge is 0.220 e. The first-order valence-corrected chi connectivity index (χ1v) is 6.93. The Morgan fingerprint density at radius 2 is 2.21 bits per heavy atom. The summed E-state index contributed by atoms with van der Waals surface area (Å²) in [6.07, 6.45) is 2.21. The monoisotopic (exact) mass is 265 g/mol. The van der Waals surface area contributed by atoms with Crippen LogP contribution < -0.4 is 5.32 Å². The summed E-state index contributed by atoms with van der Waals surface area (Å²) >= 11 is 0. The van der Waals surface area contributed by atoms with Crippen molar-refractivity contribution < 1.29 is 14.3 Å². The van der Waals surface area contributed by atoms with E-state index in [2.05, 4.69) is 12.2 Å². The van der Waals surface area contributed by atoms with E-state index in [0.29, 0.717) is 18.8 Å². The summed E-state index contributed by atoms with van der Waals surface area (Å²) in [6, 6.07) is 3.99. The lowest BCUT2D eigenvalue weighted by atomic mass is 10.1. The number of carbonyl (C=O) groups excluding carboxylic acids is 1. The van der Waals surface area contributed by atoms with Crippen molar-refractivity contribution in [2.45, 2.75) is 51.6 Å². The Bertz CT molecular complexity index is 444. The molecule has 0 bridgehead atoms. The zero-order valence-corrected chi connectivity index (χ0v) is 11.9. The van der Waals surface area contributed by atoms with Gasteiger partial charge in [-0.2, -0.15) is 0 Å². The van der Waals surface area contributed by atoms with Gasteiger partial charge in [0.25, 0.3) is 0 Å². The third kappa shape index (κ3) is 4.39. The van der Waals surface area contributed by atoms with E-state index >= 15 is 0 Å². The highest BCUT2D eigenvalue weighted by molar-refractivity contribution is 5.76. The van der Waals surface area contributed by atoms with Crippen molar-refractivity contribution in [3.05, 3.63) is 23.7 Å². The molecule has 19 heavy (non-hydrogen) atoms. The molecule has 1 fully saturated rings. The molecule has 1 aliphatic carbocycles. The first-order valence-electron chi connectivity index (χ1n) is 6.93. The van der Waals surface area contributed by atoms with E-state index in [0.717, 1.165) is 17.4 Å². The highest BCUT2D eigenvalue weighted by Crippen LogP contribution is 2.47. The van der Waals surface area contributed by atoms with Crippen LogP contribution in [0.1, 0.15) is 51.1 Å². The van der Waals surface area contributed by atoms with E-state index in [1.54, 1.807) is 13.8 Å². The van der Waals surface area contributed by atoms with Crippen LogP contribution in [0.3, 0.4) is 0 Å². The average Bonchev–Trinajstić information content (AvgIpc) is 2.88. The van der Waals surface area contributed by atoms with Crippen LogP contribution in [0.4, 0.5) is 0 Å². The summed E-state index contributed by atoms with van der Waals surface area (Å²) in [7, 11) is 0. The third-order valence-corrected chi connectivity index (χ3v) is 3.47. The van der Waals surface area contributed by atoms with Crippen molar-refractivity contribution in [3.63, 3.8) is 0 Å². The lowest BCUT2D eigenvalue weighted by Crippen LogP contribution is -2.38. The number of amides is 1. The van der Waals surface area contributed by atoms with Crippen LogP contribution >= 0.6 is 0 Å². The van der Waals surface area contributed by atoms with Gasteiger partial charge in [0.2, 0.25) is 5.91 Å². The standard InChI is InChI=1S/C15H23NO3/c1-10-8-12(10)13-6-4-11(19-13)5-7-14(17)16-9-15(2,3)18/h4,6,10,12,18H,5,7-9H2,1-3H3,(H,16,17). The molecule has 1 aromatic heterocycles. The fourth-order valence-electron chi connectivity index (χ4n) is 2.09. The molecule has 106 valence electrons. The van der Waals surface area contributed by atoms with Crippen molar-refractivity contribution >= 4 is 5.91 Å². The molecule has 1 aliphatic rings. The number of aryl methyl sites for hydroxylation is 1. The second-order valence-corrected chi connectivity index (χ2v) is 6.21. The van der Waals surface area contributed by atoms with Crippen molar-refractivity contribution in [1.29, 1.82) is 0 Å². The van der Waals surface area contributed by atoms with Gasteiger partial charge in [0.05, 0.1) is 5.60 Å². The predicted molar refractivity (Wildman–Crippen MR) is 72.9 cm³/mol. The summed E-state index contributed by atoms with van der Waals surface area (Å²) in [5.41, 5.74) is -0.865. The zero-order chi connectivity index (χ0) is 14.0. The largest absolute Gasteiger partial charge is 0.466 e. The predicted octanol–water partition coefficient (Wildman–Crippen LogP) is 2.22. The first kappa shape index (κ1) is 14.1. The van der Waals surface area contributed by atoms with Gasteiger partial charge in [-0.1, -0.05) is 6.92 Å². The molecule has 1 aromatic rings. The number of carbonyl (C=O) groups is 1. The minimum atomic E-state index is -0.865. The molecule has 1 amide bonds. The van der Waals surface area contributed by atoms with Crippen LogP contribution in [-0.4, -0.2) is 23.2 Å².